The van der Waals surface area contributed by atoms with Crippen molar-refractivity contribution in [3.63, 3.8) is 0 Å². The molecule has 0 N–H and O–H groups in total. The minimum absolute atomic E-state index is 0.869. The smallest absolute Gasteiger partial charge is 0.169 e. The first-order chi connectivity index (χ1) is 15.2. The Balaban J connectivity index is 1.71. The summed E-state index contributed by atoms with van der Waals surface area (Å²) in [5.74, 6) is 0.869. The van der Waals surface area contributed by atoms with Crippen LogP contribution in [0.2, 0.25) is 0 Å². The topological polar surface area (TPSA) is 30.2 Å². The van der Waals surface area contributed by atoms with Crippen molar-refractivity contribution in [3.8, 4) is 22.5 Å². The van der Waals surface area contributed by atoms with Gasteiger partial charge in [0.05, 0.1) is 5.52 Å². The Kier molecular flexibility index (Phi) is 3.90. The second kappa shape index (κ2) is 6.78. The van der Waals surface area contributed by atoms with E-state index in [-0.39, 0.29) is 0 Å². The van der Waals surface area contributed by atoms with E-state index in [0.717, 1.165) is 27.9 Å². The largest absolute Gasteiger partial charge is 0.274 e. The molecule has 4 aromatic carbocycles. The zero-order valence-corrected chi connectivity index (χ0v) is 17.5. The maximum Gasteiger partial charge on any atom is 0.169 e. The highest BCUT2D eigenvalue weighted by molar-refractivity contribution is 6.13. The lowest BCUT2D eigenvalue weighted by Crippen LogP contribution is -1.95. The van der Waals surface area contributed by atoms with E-state index < -0.39 is 0 Å². The van der Waals surface area contributed by atoms with Crippen molar-refractivity contribution in [2.75, 3.05) is 0 Å². The van der Waals surface area contributed by atoms with Crippen LogP contribution < -0.4 is 0 Å². The predicted molar refractivity (Wildman–Crippen MR) is 128 cm³/mol. The monoisotopic (exact) mass is 399 g/mol. The molecule has 6 rings (SSSR count). The molecule has 0 radical (unpaired) electrons. The molecule has 0 fully saturated rings. The number of benzene rings is 4. The lowest BCUT2D eigenvalue weighted by molar-refractivity contribution is 1.12. The van der Waals surface area contributed by atoms with Crippen LogP contribution in [-0.2, 0) is 0 Å². The fourth-order valence-corrected chi connectivity index (χ4v) is 4.36. The van der Waals surface area contributed by atoms with Crippen LogP contribution in [0.25, 0.3) is 49.8 Å². The molecule has 0 saturated heterocycles. The van der Waals surface area contributed by atoms with Gasteiger partial charge >= 0.3 is 0 Å². The standard InChI is InChI=1S/C28H21N3/c1-18-7-11-20(12-8-18)22-15-16-26-25(17-22)23-5-3-4-6-24(23)28-30-29-27(31(26)28)21-13-9-19(2)10-14-21/h3-17H,1-2H3. The zero-order chi connectivity index (χ0) is 20.9. The number of rotatable bonds is 2. The normalized spacial score (nSPS) is 11.5. The molecule has 2 heterocycles. The molecule has 0 unspecified atom stereocenters. The van der Waals surface area contributed by atoms with E-state index in [1.54, 1.807) is 0 Å². The van der Waals surface area contributed by atoms with Gasteiger partial charge in [-0.3, -0.25) is 4.40 Å². The van der Waals surface area contributed by atoms with Crippen molar-refractivity contribution >= 4 is 27.3 Å². The van der Waals surface area contributed by atoms with Crippen LogP contribution in [0.3, 0.4) is 0 Å². The molecule has 3 heteroatoms. The molecule has 2 aromatic heterocycles. The van der Waals surface area contributed by atoms with Crippen LogP contribution >= 0.6 is 0 Å². The van der Waals surface area contributed by atoms with Crippen LogP contribution in [0, 0.1) is 13.8 Å². The molecule has 31 heavy (non-hydrogen) atoms. The van der Waals surface area contributed by atoms with E-state index in [4.69, 9.17) is 0 Å². The van der Waals surface area contributed by atoms with Crippen molar-refractivity contribution in [3.05, 3.63) is 102 Å². The maximum atomic E-state index is 4.60. The van der Waals surface area contributed by atoms with Crippen molar-refractivity contribution in [1.29, 1.82) is 0 Å². The Labute approximate surface area is 180 Å². The lowest BCUT2D eigenvalue weighted by Gasteiger charge is -2.12. The second-order valence-electron chi connectivity index (χ2n) is 8.19. The third-order valence-electron chi connectivity index (χ3n) is 6.05. The highest BCUT2D eigenvalue weighted by Gasteiger charge is 2.16. The molecule has 148 valence electrons. The molecule has 0 spiro atoms. The first-order valence-electron chi connectivity index (χ1n) is 10.5. The van der Waals surface area contributed by atoms with Gasteiger partial charge in [0.1, 0.15) is 0 Å². The van der Waals surface area contributed by atoms with Gasteiger partial charge in [-0.15, -0.1) is 10.2 Å². The van der Waals surface area contributed by atoms with Crippen LogP contribution in [0.15, 0.2) is 91.0 Å². The molecule has 0 aliphatic carbocycles. The van der Waals surface area contributed by atoms with E-state index in [2.05, 4.69) is 119 Å². The number of fused-ring (bicyclic) bond motifs is 6. The first-order valence-corrected chi connectivity index (χ1v) is 10.5. The fraction of sp³-hybridized carbons (Fsp3) is 0.0714. The first kappa shape index (κ1) is 17.8. The van der Waals surface area contributed by atoms with Crippen LogP contribution in [0.1, 0.15) is 11.1 Å². The Hall–Kier alpha value is -3.98. The number of aromatic nitrogens is 3. The Bertz CT molecular complexity index is 1570. The molecule has 0 atom stereocenters. The van der Waals surface area contributed by atoms with Crippen molar-refractivity contribution in [2.24, 2.45) is 0 Å². The third-order valence-corrected chi connectivity index (χ3v) is 6.05. The molecular weight excluding hydrogens is 378 g/mol. The van der Waals surface area contributed by atoms with E-state index in [1.165, 1.54) is 33.0 Å². The summed E-state index contributed by atoms with van der Waals surface area (Å²) < 4.78 is 2.20. The van der Waals surface area contributed by atoms with Crippen molar-refractivity contribution < 1.29 is 0 Å². The summed E-state index contributed by atoms with van der Waals surface area (Å²) in [6.45, 7) is 4.22. The summed E-state index contributed by atoms with van der Waals surface area (Å²) in [6, 6.07) is 32.3. The lowest BCUT2D eigenvalue weighted by atomic mass is 9.99. The summed E-state index contributed by atoms with van der Waals surface area (Å²) in [5, 5.41) is 12.7. The minimum Gasteiger partial charge on any atom is -0.274 e. The van der Waals surface area contributed by atoms with E-state index in [9.17, 15) is 0 Å². The number of pyridine rings is 1. The SMILES string of the molecule is Cc1ccc(-c2ccc3c(c2)c2ccccc2c2nnc(-c4ccc(C)cc4)n32)cc1. The van der Waals surface area contributed by atoms with E-state index in [1.807, 2.05) is 0 Å². The number of hydrogen-bond donors (Lipinski definition) is 0. The van der Waals surface area contributed by atoms with Crippen molar-refractivity contribution in [2.45, 2.75) is 13.8 Å². The third kappa shape index (κ3) is 2.82. The van der Waals surface area contributed by atoms with Gasteiger partial charge in [-0.05, 0) is 42.5 Å². The molecule has 0 saturated carbocycles. The second-order valence-corrected chi connectivity index (χ2v) is 8.19. The average molecular weight is 399 g/mol. The maximum absolute atomic E-state index is 4.60. The Morgan fingerprint density at radius 2 is 1.16 bits per heavy atom. The molecule has 0 aliphatic rings. The van der Waals surface area contributed by atoms with Crippen LogP contribution in [0.4, 0.5) is 0 Å². The zero-order valence-electron chi connectivity index (χ0n) is 17.5. The summed E-state index contributed by atoms with van der Waals surface area (Å²) in [6.07, 6.45) is 0. The number of aryl methyl sites for hydroxylation is 2. The quantitative estimate of drug-likeness (QED) is 0.294. The predicted octanol–water partition coefficient (Wildman–Crippen LogP) is 6.99. The van der Waals surface area contributed by atoms with Gasteiger partial charge in [0.25, 0.3) is 0 Å². The molecular formula is C28H21N3. The van der Waals surface area contributed by atoms with Crippen LogP contribution in [-0.4, -0.2) is 14.6 Å². The number of nitrogens with zero attached hydrogens (tertiary/aromatic N) is 3. The number of hydrogen-bond acceptors (Lipinski definition) is 2. The fourth-order valence-electron chi connectivity index (χ4n) is 4.36. The Morgan fingerprint density at radius 1 is 0.548 bits per heavy atom. The highest BCUT2D eigenvalue weighted by Crippen LogP contribution is 2.34. The van der Waals surface area contributed by atoms with E-state index in [0.29, 0.717) is 0 Å². The van der Waals surface area contributed by atoms with E-state index >= 15 is 0 Å². The molecule has 3 nitrogen and oxygen atoms in total. The van der Waals surface area contributed by atoms with Gasteiger partial charge in [-0.1, -0.05) is 90.0 Å². The van der Waals surface area contributed by atoms with Crippen molar-refractivity contribution in [1.82, 2.24) is 14.6 Å². The van der Waals surface area contributed by atoms with Gasteiger partial charge in [0.15, 0.2) is 11.5 Å². The molecule has 0 aliphatic heterocycles. The summed E-state index contributed by atoms with van der Waals surface area (Å²) >= 11 is 0. The van der Waals surface area contributed by atoms with Gasteiger partial charge in [0, 0.05) is 16.3 Å². The molecule has 0 amide bonds. The van der Waals surface area contributed by atoms with Gasteiger partial charge < -0.3 is 0 Å². The summed E-state index contributed by atoms with van der Waals surface area (Å²) in [4.78, 5) is 0. The van der Waals surface area contributed by atoms with Gasteiger partial charge in [-0.25, -0.2) is 0 Å². The van der Waals surface area contributed by atoms with Gasteiger partial charge in [-0.2, -0.15) is 0 Å². The van der Waals surface area contributed by atoms with Crippen LogP contribution in [0.5, 0.6) is 0 Å². The highest BCUT2D eigenvalue weighted by atomic mass is 15.2. The minimum atomic E-state index is 0.869. The summed E-state index contributed by atoms with van der Waals surface area (Å²) in [7, 11) is 0. The summed E-state index contributed by atoms with van der Waals surface area (Å²) in [5.41, 5.74) is 8.00. The average Bonchev–Trinajstić information content (AvgIpc) is 3.25. The van der Waals surface area contributed by atoms with Gasteiger partial charge in [0.2, 0.25) is 0 Å². The molecule has 0 bridgehead atoms. The molecule has 6 aromatic rings. The Morgan fingerprint density at radius 3 is 1.87 bits per heavy atom.